The lowest BCUT2D eigenvalue weighted by Crippen LogP contribution is -1.89. The van der Waals surface area contributed by atoms with E-state index in [1.165, 1.54) is 12.1 Å². The minimum Gasteiger partial charge on any atom is -0.443 e. The van der Waals surface area contributed by atoms with Crippen molar-refractivity contribution in [1.29, 1.82) is 0 Å². The van der Waals surface area contributed by atoms with Crippen LogP contribution in [0.15, 0.2) is 40.8 Å². The number of rotatable bonds is 2. The Morgan fingerprint density at radius 3 is 2.79 bits per heavy atom. The smallest absolute Gasteiger partial charge is 0.194 e. The summed E-state index contributed by atoms with van der Waals surface area (Å²) in [5.74, 6) is 0.420. The van der Waals surface area contributed by atoms with Gasteiger partial charge in [-0.05, 0) is 41.4 Å². The Labute approximate surface area is 113 Å². The highest BCUT2D eigenvalue weighted by atomic mass is 35.5. The van der Waals surface area contributed by atoms with Gasteiger partial charge in [0, 0.05) is 0 Å². The molecule has 2 heterocycles. The van der Waals surface area contributed by atoms with Gasteiger partial charge in [0.15, 0.2) is 16.8 Å². The maximum Gasteiger partial charge on any atom is 0.194 e. The number of furan rings is 1. The fourth-order valence-electron chi connectivity index (χ4n) is 1.92. The molecular formula is C13H9ClFN3O. The van der Waals surface area contributed by atoms with Crippen LogP contribution in [0.3, 0.4) is 0 Å². The van der Waals surface area contributed by atoms with E-state index in [0.29, 0.717) is 22.6 Å². The summed E-state index contributed by atoms with van der Waals surface area (Å²) < 4.78 is 18.6. The number of benzene rings is 1. The number of H-pyrrole nitrogens is 1. The first-order valence-electron chi connectivity index (χ1n) is 5.50. The van der Waals surface area contributed by atoms with E-state index in [-0.39, 0.29) is 16.9 Å². The minimum atomic E-state index is -0.346. The van der Waals surface area contributed by atoms with Gasteiger partial charge in [0.1, 0.15) is 11.5 Å². The zero-order chi connectivity index (χ0) is 13.4. The van der Waals surface area contributed by atoms with Crippen LogP contribution in [0.2, 0.25) is 5.22 Å². The molecule has 6 heteroatoms. The Balaban J connectivity index is 2.19. The number of nitrogens with one attached hydrogen (secondary N) is 1. The van der Waals surface area contributed by atoms with Crippen molar-refractivity contribution >= 4 is 17.4 Å². The lowest BCUT2D eigenvalue weighted by atomic mass is 10.0. The number of nitrogen functional groups attached to an aromatic ring is 1. The molecule has 0 aliphatic rings. The van der Waals surface area contributed by atoms with Gasteiger partial charge in [-0.3, -0.25) is 5.10 Å². The predicted molar refractivity (Wildman–Crippen MR) is 71.1 cm³/mol. The van der Waals surface area contributed by atoms with Crippen LogP contribution < -0.4 is 5.73 Å². The number of anilines is 1. The van der Waals surface area contributed by atoms with Gasteiger partial charge in [-0.15, -0.1) is 0 Å². The van der Waals surface area contributed by atoms with E-state index in [1.54, 1.807) is 24.3 Å². The second kappa shape index (κ2) is 4.44. The molecule has 0 saturated carbocycles. The van der Waals surface area contributed by atoms with Gasteiger partial charge in [-0.25, -0.2) is 4.39 Å². The topological polar surface area (TPSA) is 67.8 Å². The molecular weight excluding hydrogens is 269 g/mol. The van der Waals surface area contributed by atoms with Crippen LogP contribution in [0.5, 0.6) is 0 Å². The summed E-state index contributed by atoms with van der Waals surface area (Å²) in [5.41, 5.74) is 7.60. The second-order valence-corrected chi connectivity index (χ2v) is 4.35. The van der Waals surface area contributed by atoms with Crippen LogP contribution in [0.25, 0.3) is 22.6 Å². The van der Waals surface area contributed by atoms with Gasteiger partial charge in [0.2, 0.25) is 0 Å². The van der Waals surface area contributed by atoms with Crippen molar-refractivity contribution in [2.45, 2.75) is 0 Å². The first-order valence-corrected chi connectivity index (χ1v) is 5.88. The van der Waals surface area contributed by atoms with E-state index in [0.717, 1.165) is 0 Å². The average Bonchev–Trinajstić information content (AvgIpc) is 2.95. The number of halogens is 2. The molecule has 0 spiro atoms. The van der Waals surface area contributed by atoms with Crippen molar-refractivity contribution in [2.24, 2.45) is 0 Å². The van der Waals surface area contributed by atoms with E-state index < -0.39 is 0 Å². The molecule has 0 aliphatic heterocycles. The van der Waals surface area contributed by atoms with Gasteiger partial charge < -0.3 is 10.2 Å². The van der Waals surface area contributed by atoms with E-state index in [4.69, 9.17) is 21.8 Å². The first-order chi connectivity index (χ1) is 9.15. The Hall–Kier alpha value is -2.27. The Morgan fingerprint density at radius 1 is 1.26 bits per heavy atom. The number of aromatic nitrogens is 2. The highest BCUT2D eigenvalue weighted by molar-refractivity contribution is 6.29. The summed E-state index contributed by atoms with van der Waals surface area (Å²) in [6, 6.07) is 9.41. The Bertz CT molecular complexity index is 735. The van der Waals surface area contributed by atoms with Crippen molar-refractivity contribution in [1.82, 2.24) is 10.2 Å². The molecule has 2 aromatic heterocycles. The fraction of sp³-hybridized carbons (Fsp3) is 0. The summed E-state index contributed by atoms with van der Waals surface area (Å²) in [6.45, 7) is 0. The van der Waals surface area contributed by atoms with Crippen LogP contribution in [0.4, 0.5) is 10.2 Å². The average molecular weight is 278 g/mol. The van der Waals surface area contributed by atoms with E-state index in [1.807, 2.05) is 0 Å². The summed E-state index contributed by atoms with van der Waals surface area (Å²) in [4.78, 5) is 0. The molecule has 0 unspecified atom stereocenters. The number of hydrogen-bond donors (Lipinski definition) is 2. The first kappa shape index (κ1) is 11.8. The standard InChI is InChI=1S/C13H9ClFN3O/c14-10-5-4-9(19-10)12-11(13(16)18-17-12)7-2-1-3-8(15)6-7/h1-6H,(H3,16,17,18). The van der Waals surface area contributed by atoms with Crippen molar-refractivity contribution in [2.75, 3.05) is 5.73 Å². The van der Waals surface area contributed by atoms with E-state index in [9.17, 15) is 4.39 Å². The number of nitrogens with zero attached hydrogens (tertiary/aromatic N) is 1. The molecule has 3 aromatic rings. The van der Waals surface area contributed by atoms with Crippen LogP contribution in [0, 0.1) is 5.82 Å². The summed E-state index contributed by atoms with van der Waals surface area (Å²) in [5, 5.41) is 6.97. The lowest BCUT2D eigenvalue weighted by Gasteiger charge is -2.02. The van der Waals surface area contributed by atoms with Crippen LogP contribution in [0.1, 0.15) is 0 Å². The molecule has 4 nitrogen and oxygen atoms in total. The van der Waals surface area contributed by atoms with Gasteiger partial charge in [0.25, 0.3) is 0 Å². The molecule has 96 valence electrons. The van der Waals surface area contributed by atoms with Crippen molar-refractivity contribution in [3.05, 3.63) is 47.4 Å². The Morgan fingerprint density at radius 2 is 2.11 bits per heavy atom. The van der Waals surface area contributed by atoms with Gasteiger partial charge >= 0.3 is 0 Å². The molecule has 0 atom stereocenters. The maximum atomic E-state index is 13.3. The quantitative estimate of drug-likeness (QED) is 0.750. The summed E-state index contributed by atoms with van der Waals surface area (Å²) in [6.07, 6.45) is 0. The monoisotopic (exact) mass is 277 g/mol. The molecule has 3 rings (SSSR count). The molecule has 1 aromatic carbocycles. The highest BCUT2D eigenvalue weighted by Gasteiger charge is 2.17. The highest BCUT2D eigenvalue weighted by Crippen LogP contribution is 2.36. The number of nitrogens with two attached hydrogens (primary N) is 1. The van der Waals surface area contributed by atoms with Crippen molar-refractivity contribution in [3.63, 3.8) is 0 Å². The summed E-state index contributed by atoms with van der Waals surface area (Å²) in [7, 11) is 0. The minimum absolute atomic E-state index is 0.258. The van der Waals surface area contributed by atoms with Gasteiger partial charge in [-0.1, -0.05) is 12.1 Å². The third-order valence-corrected chi connectivity index (χ3v) is 2.93. The summed E-state index contributed by atoms with van der Waals surface area (Å²) >= 11 is 5.75. The number of hydrogen-bond acceptors (Lipinski definition) is 3. The maximum absolute atomic E-state index is 13.3. The SMILES string of the molecule is Nc1n[nH]c(-c2ccc(Cl)o2)c1-c1cccc(F)c1. The lowest BCUT2D eigenvalue weighted by molar-refractivity contribution is 0.582. The van der Waals surface area contributed by atoms with Crippen LogP contribution in [-0.4, -0.2) is 10.2 Å². The normalized spacial score (nSPS) is 10.8. The van der Waals surface area contributed by atoms with E-state index in [2.05, 4.69) is 10.2 Å². The predicted octanol–water partition coefficient (Wildman–Crippen LogP) is 3.71. The molecule has 3 N–H and O–H groups in total. The molecule has 0 amide bonds. The Kier molecular flexibility index (Phi) is 2.76. The molecule has 0 fully saturated rings. The van der Waals surface area contributed by atoms with Crippen LogP contribution >= 0.6 is 11.6 Å². The largest absolute Gasteiger partial charge is 0.443 e. The van der Waals surface area contributed by atoms with Crippen molar-refractivity contribution in [3.8, 4) is 22.6 Å². The van der Waals surface area contributed by atoms with E-state index >= 15 is 0 Å². The molecule has 0 aliphatic carbocycles. The number of aromatic amines is 1. The van der Waals surface area contributed by atoms with Crippen LogP contribution in [-0.2, 0) is 0 Å². The zero-order valence-corrected chi connectivity index (χ0v) is 10.4. The third kappa shape index (κ3) is 2.08. The molecule has 19 heavy (non-hydrogen) atoms. The zero-order valence-electron chi connectivity index (χ0n) is 9.65. The molecule has 0 bridgehead atoms. The van der Waals surface area contributed by atoms with Gasteiger partial charge in [-0.2, -0.15) is 5.10 Å². The molecule has 0 saturated heterocycles. The van der Waals surface area contributed by atoms with Gasteiger partial charge in [0.05, 0.1) is 5.56 Å². The van der Waals surface area contributed by atoms with Crippen molar-refractivity contribution < 1.29 is 8.81 Å². The second-order valence-electron chi connectivity index (χ2n) is 3.97. The third-order valence-electron chi connectivity index (χ3n) is 2.73. The molecule has 0 radical (unpaired) electrons. The fourth-order valence-corrected chi connectivity index (χ4v) is 2.07.